The Bertz CT molecular complexity index is 426. The average molecular weight is 242 g/mol. The first kappa shape index (κ1) is 12.0. The first-order valence-corrected chi connectivity index (χ1v) is 5.51. The second-order valence-corrected chi connectivity index (χ2v) is 4.07. The highest BCUT2D eigenvalue weighted by atomic mass is 19.4. The number of hydrogen-bond donors (Lipinski definition) is 1. The highest BCUT2D eigenvalue weighted by Crippen LogP contribution is 2.37. The molecule has 0 spiro atoms. The summed E-state index contributed by atoms with van der Waals surface area (Å²) in [5.41, 5.74) is -0.559. The molecule has 2 rings (SSSR count). The van der Waals surface area contributed by atoms with Crippen molar-refractivity contribution in [2.75, 3.05) is 11.4 Å². The molecular weight excluding hydrogens is 229 g/mol. The Hall–Kier alpha value is -1.52. The zero-order valence-electron chi connectivity index (χ0n) is 9.22. The van der Waals surface area contributed by atoms with Gasteiger partial charge in [0.15, 0.2) is 0 Å². The summed E-state index contributed by atoms with van der Waals surface area (Å²) in [7, 11) is 0. The maximum Gasteiger partial charge on any atom is 0.418 e. The van der Waals surface area contributed by atoms with Gasteiger partial charge in [-0.25, -0.2) is 0 Å². The Kier molecular flexibility index (Phi) is 3.09. The SMILES string of the molecule is N=C1CCCCN1c1ccccc1C(F)(F)F. The van der Waals surface area contributed by atoms with Crippen molar-refractivity contribution >= 4 is 11.5 Å². The molecule has 1 fully saturated rings. The number of anilines is 1. The summed E-state index contributed by atoms with van der Waals surface area (Å²) in [5.74, 6) is 0.271. The Morgan fingerprint density at radius 3 is 2.47 bits per heavy atom. The van der Waals surface area contributed by atoms with Gasteiger partial charge in [0.2, 0.25) is 0 Å². The minimum absolute atomic E-state index is 0.102. The van der Waals surface area contributed by atoms with E-state index < -0.39 is 11.7 Å². The molecule has 1 N–H and O–H groups in total. The summed E-state index contributed by atoms with van der Waals surface area (Å²) in [4.78, 5) is 1.46. The van der Waals surface area contributed by atoms with Crippen LogP contribution in [0.5, 0.6) is 0 Å². The van der Waals surface area contributed by atoms with Gasteiger partial charge < -0.3 is 4.90 Å². The molecule has 1 aliphatic heterocycles. The second-order valence-electron chi connectivity index (χ2n) is 4.07. The fraction of sp³-hybridized carbons (Fsp3) is 0.417. The summed E-state index contributed by atoms with van der Waals surface area (Å²) in [6.07, 6.45) is -2.11. The fourth-order valence-electron chi connectivity index (χ4n) is 2.05. The van der Waals surface area contributed by atoms with Gasteiger partial charge in [-0.2, -0.15) is 13.2 Å². The molecule has 0 radical (unpaired) electrons. The van der Waals surface area contributed by atoms with Gasteiger partial charge in [0.05, 0.1) is 11.3 Å². The maximum absolute atomic E-state index is 12.8. The van der Waals surface area contributed by atoms with E-state index in [1.165, 1.54) is 17.0 Å². The van der Waals surface area contributed by atoms with Gasteiger partial charge in [-0.1, -0.05) is 12.1 Å². The van der Waals surface area contributed by atoms with Crippen LogP contribution in [-0.4, -0.2) is 12.4 Å². The van der Waals surface area contributed by atoms with Gasteiger partial charge in [0, 0.05) is 13.0 Å². The van der Waals surface area contributed by atoms with Crippen LogP contribution >= 0.6 is 0 Å². The quantitative estimate of drug-likeness (QED) is 0.799. The van der Waals surface area contributed by atoms with E-state index in [0.29, 0.717) is 13.0 Å². The topological polar surface area (TPSA) is 27.1 Å². The van der Waals surface area contributed by atoms with E-state index in [0.717, 1.165) is 18.9 Å². The molecule has 0 bridgehead atoms. The van der Waals surface area contributed by atoms with E-state index in [1.54, 1.807) is 6.07 Å². The summed E-state index contributed by atoms with van der Waals surface area (Å²) < 4.78 is 38.5. The lowest BCUT2D eigenvalue weighted by Gasteiger charge is -2.31. The first-order valence-electron chi connectivity index (χ1n) is 5.51. The predicted octanol–water partition coefficient (Wildman–Crippen LogP) is 3.67. The summed E-state index contributed by atoms with van der Waals surface area (Å²) in [6.45, 7) is 0.492. The summed E-state index contributed by atoms with van der Waals surface area (Å²) >= 11 is 0. The van der Waals surface area contributed by atoms with Crippen LogP contribution in [0, 0.1) is 5.41 Å². The number of para-hydroxylation sites is 1. The van der Waals surface area contributed by atoms with E-state index in [2.05, 4.69) is 0 Å². The number of nitrogens with one attached hydrogen (secondary N) is 1. The third-order valence-electron chi connectivity index (χ3n) is 2.87. The third-order valence-corrected chi connectivity index (χ3v) is 2.87. The lowest BCUT2D eigenvalue weighted by molar-refractivity contribution is -0.137. The zero-order valence-corrected chi connectivity index (χ0v) is 9.22. The highest BCUT2D eigenvalue weighted by Gasteiger charge is 2.35. The summed E-state index contributed by atoms with van der Waals surface area (Å²) in [6, 6.07) is 5.45. The Morgan fingerprint density at radius 1 is 1.12 bits per heavy atom. The Labute approximate surface area is 97.6 Å². The fourth-order valence-corrected chi connectivity index (χ4v) is 2.05. The summed E-state index contributed by atoms with van der Waals surface area (Å²) in [5, 5.41) is 7.74. The van der Waals surface area contributed by atoms with Gasteiger partial charge in [-0.15, -0.1) is 0 Å². The Morgan fingerprint density at radius 2 is 1.82 bits per heavy atom. The maximum atomic E-state index is 12.8. The number of piperidine rings is 1. The van der Waals surface area contributed by atoms with Crippen molar-refractivity contribution in [2.45, 2.75) is 25.4 Å². The molecule has 92 valence electrons. The molecule has 0 saturated carbocycles. The number of alkyl halides is 3. The van der Waals surface area contributed by atoms with E-state index >= 15 is 0 Å². The molecule has 0 amide bonds. The van der Waals surface area contributed by atoms with Crippen molar-refractivity contribution in [3.8, 4) is 0 Å². The molecule has 17 heavy (non-hydrogen) atoms. The average Bonchev–Trinajstić information content (AvgIpc) is 2.28. The molecule has 1 aliphatic rings. The minimum atomic E-state index is -4.37. The molecule has 0 aliphatic carbocycles. The molecular formula is C12H13F3N2. The number of nitrogens with zero attached hydrogens (tertiary/aromatic N) is 1. The van der Waals surface area contributed by atoms with Gasteiger partial charge in [-0.3, -0.25) is 5.41 Å². The van der Waals surface area contributed by atoms with Crippen LogP contribution in [-0.2, 0) is 6.18 Å². The standard InChI is InChI=1S/C12H13F3N2/c13-12(14,15)9-5-1-2-6-10(9)17-8-4-3-7-11(17)16/h1-2,5-6,16H,3-4,7-8H2. The number of benzene rings is 1. The van der Waals surface area contributed by atoms with Crippen molar-refractivity contribution in [3.63, 3.8) is 0 Å². The van der Waals surface area contributed by atoms with Crippen LogP contribution in [0.4, 0.5) is 18.9 Å². The van der Waals surface area contributed by atoms with Crippen molar-refractivity contribution in [1.82, 2.24) is 0 Å². The highest BCUT2D eigenvalue weighted by molar-refractivity contribution is 5.96. The van der Waals surface area contributed by atoms with Crippen molar-refractivity contribution in [3.05, 3.63) is 29.8 Å². The largest absolute Gasteiger partial charge is 0.418 e. The number of amidine groups is 1. The lowest BCUT2D eigenvalue weighted by atomic mass is 10.1. The monoisotopic (exact) mass is 242 g/mol. The van der Waals surface area contributed by atoms with Gasteiger partial charge >= 0.3 is 6.18 Å². The number of halogens is 3. The minimum Gasteiger partial charge on any atom is -0.330 e. The molecule has 1 saturated heterocycles. The van der Waals surface area contributed by atoms with Crippen LogP contribution < -0.4 is 4.90 Å². The molecule has 1 aromatic carbocycles. The van der Waals surface area contributed by atoms with Crippen molar-refractivity contribution < 1.29 is 13.2 Å². The number of hydrogen-bond acceptors (Lipinski definition) is 1. The predicted molar refractivity (Wildman–Crippen MR) is 60.4 cm³/mol. The van der Waals surface area contributed by atoms with Crippen LogP contribution in [0.3, 0.4) is 0 Å². The second kappa shape index (κ2) is 4.39. The van der Waals surface area contributed by atoms with E-state index in [1.807, 2.05) is 0 Å². The van der Waals surface area contributed by atoms with Crippen LogP contribution in [0.1, 0.15) is 24.8 Å². The molecule has 1 aromatic rings. The first-order chi connectivity index (χ1) is 8.00. The van der Waals surface area contributed by atoms with Gasteiger partial charge in [-0.05, 0) is 25.0 Å². The molecule has 1 heterocycles. The molecule has 0 aromatic heterocycles. The number of rotatable bonds is 1. The van der Waals surface area contributed by atoms with Crippen LogP contribution in [0.15, 0.2) is 24.3 Å². The third kappa shape index (κ3) is 2.43. The normalized spacial score (nSPS) is 17.4. The van der Waals surface area contributed by atoms with Crippen LogP contribution in [0.2, 0.25) is 0 Å². The molecule has 5 heteroatoms. The smallest absolute Gasteiger partial charge is 0.330 e. The van der Waals surface area contributed by atoms with Crippen molar-refractivity contribution in [1.29, 1.82) is 5.41 Å². The van der Waals surface area contributed by atoms with E-state index in [9.17, 15) is 13.2 Å². The van der Waals surface area contributed by atoms with Crippen molar-refractivity contribution in [2.24, 2.45) is 0 Å². The molecule has 0 unspecified atom stereocenters. The van der Waals surface area contributed by atoms with E-state index in [4.69, 9.17) is 5.41 Å². The zero-order chi connectivity index (χ0) is 12.5. The van der Waals surface area contributed by atoms with Crippen LogP contribution in [0.25, 0.3) is 0 Å². The Balaban J connectivity index is 2.41. The lowest BCUT2D eigenvalue weighted by Crippen LogP contribution is -2.36. The molecule has 2 nitrogen and oxygen atoms in total. The van der Waals surface area contributed by atoms with E-state index in [-0.39, 0.29) is 11.5 Å². The van der Waals surface area contributed by atoms with Gasteiger partial charge in [0.25, 0.3) is 0 Å². The molecule has 0 atom stereocenters. The van der Waals surface area contributed by atoms with Gasteiger partial charge in [0.1, 0.15) is 5.84 Å².